The lowest BCUT2D eigenvalue weighted by Crippen LogP contribution is -2.06. The number of hydrogen-bond donors (Lipinski definition) is 0. The van der Waals surface area contributed by atoms with Gasteiger partial charge < -0.3 is 4.74 Å². The van der Waals surface area contributed by atoms with E-state index in [1.807, 2.05) is 25.1 Å². The number of carbonyl (C=O) groups excluding carboxylic acids is 1. The maximum absolute atomic E-state index is 12.8. The third-order valence-electron chi connectivity index (χ3n) is 3.28. The molecule has 2 nitrogen and oxygen atoms in total. The first-order valence-electron chi connectivity index (χ1n) is 7.21. The van der Waals surface area contributed by atoms with Gasteiger partial charge in [0.2, 0.25) is 0 Å². The van der Waals surface area contributed by atoms with Crippen molar-refractivity contribution in [3.63, 3.8) is 0 Å². The summed E-state index contributed by atoms with van der Waals surface area (Å²) in [7, 11) is 0. The summed E-state index contributed by atoms with van der Waals surface area (Å²) in [5.41, 5.74) is 2.77. The number of hydrogen-bond acceptors (Lipinski definition) is 2. The molecule has 0 aromatic heterocycles. The Labute approximate surface area is 130 Å². The van der Waals surface area contributed by atoms with E-state index in [9.17, 15) is 9.18 Å². The third-order valence-corrected chi connectivity index (χ3v) is 3.28. The smallest absolute Gasteiger partial charge is 0.336 e. The molecule has 0 aliphatic heterocycles. The summed E-state index contributed by atoms with van der Waals surface area (Å²) in [5, 5.41) is 0. The van der Waals surface area contributed by atoms with Crippen molar-refractivity contribution in [3.8, 4) is 5.75 Å². The van der Waals surface area contributed by atoms with Crippen LogP contribution in [0.2, 0.25) is 0 Å². The minimum Gasteiger partial charge on any atom is -0.423 e. The Morgan fingerprint density at radius 3 is 2.45 bits per heavy atom. The van der Waals surface area contributed by atoms with Crippen molar-refractivity contribution in [2.24, 2.45) is 0 Å². The average molecular weight is 298 g/mol. The Bertz CT molecular complexity index is 685. The summed E-state index contributed by atoms with van der Waals surface area (Å²) in [4.78, 5) is 12.0. The molecular weight excluding hydrogens is 279 g/mol. The van der Waals surface area contributed by atoms with E-state index >= 15 is 0 Å². The van der Waals surface area contributed by atoms with Gasteiger partial charge in [-0.2, -0.15) is 0 Å². The molecule has 0 N–H and O–H groups in total. The number of benzene rings is 2. The number of rotatable bonds is 4. The van der Waals surface area contributed by atoms with Gasteiger partial charge in [0.1, 0.15) is 11.6 Å². The van der Waals surface area contributed by atoms with Crippen molar-refractivity contribution in [2.45, 2.75) is 26.7 Å². The minimum atomic E-state index is -0.447. The fourth-order valence-electron chi connectivity index (χ4n) is 2.09. The quantitative estimate of drug-likeness (QED) is 0.457. The number of carbonyl (C=O) groups is 1. The zero-order valence-electron chi connectivity index (χ0n) is 13.0. The number of ether oxygens (including phenoxy) is 1. The zero-order valence-corrected chi connectivity index (χ0v) is 13.0. The van der Waals surface area contributed by atoms with Gasteiger partial charge in [0, 0.05) is 6.08 Å². The van der Waals surface area contributed by atoms with Crippen LogP contribution in [-0.4, -0.2) is 5.97 Å². The monoisotopic (exact) mass is 298 g/mol. The molecule has 0 atom stereocenters. The van der Waals surface area contributed by atoms with E-state index in [1.54, 1.807) is 18.2 Å². The number of halogens is 1. The normalized spacial score (nSPS) is 11.1. The van der Waals surface area contributed by atoms with E-state index in [0.29, 0.717) is 5.75 Å². The topological polar surface area (TPSA) is 26.3 Å². The van der Waals surface area contributed by atoms with Gasteiger partial charge in [0.15, 0.2) is 0 Å². The number of esters is 1. The standard InChI is InChI=1S/C19H19FO2/c1-13(2)17-10-4-14(3)12-18(17)22-19(21)11-7-15-5-8-16(20)9-6-15/h4-13H,1-3H3/b11-7+. The van der Waals surface area contributed by atoms with Crippen LogP contribution in [0.1, 0.15) is 36.5 Å². The van der Waals surface area contributed by atoms with Crippen LogP contribution in [0, 0.1) is 12.7 Å². The molecule has 2 aromatic rings. The molecule has 2 rings (SSSR count). The van der Waals surface area contributed by atoms with Crippen LogP contribution >= 0.6 is 0 Å². The highest BCUT2D eigenvalue weighted by Crippen LogP contribution is 2.27. The van der Waals surface area contributed by atoms with Crippen molar-refractivity contribution in [3.05, 3.63) is 71.0 Å². The second-order valence-corrected chi connectivity index (χ2v) is 5.50. The highest BCUT2D eigenvalue weighted by molar-refractivity contribution is 5.88. The maximum atomic E-state index is 12.8. The van der Waals surface area contributed by atoms with Gasteiger partial charge in [-0.25, -0.2) is 9.18 Å². The highest BCUT2D eigenvalue weighted by atomic mass is 19.1. The summed E-state index contributed by atoms with van der Waals surface area (Å²) in [6, 6.07) is 11.7. The van der Waals surface area contributed by atoms with Crippen molar-refractivity contribution < 1.29 is 13.9 Å². The Hall–Kier alpha value is -2.42. The van der Waals surface area contributed by atoms with E-state index in [-0.39, 0.29) is 11.7 Å². The molecule has 0 spiro atoms. The molecule has 0 amide bonds. The molecule has 0 aliphatic carbocycles. The van der Waals surface area contributed by atoms with E-state index in [4.69, 9.17) is 4.74 Å². The first-order valence-corrected chi connectivity index (χ1v) is 7.21. The largest absolute Gasteiger partial charge is 0.423 e. The molecule has 0 fully saturated rings. The second-order valence-electron chi connectivity index (χ2n) is 5.50. The van der Waals surface area contributed by atoms with Crippen molar-refractivity contribution in [2.75, 3.05) is 0 Å². The molecule has 0 radical (unpaired) electrons. The second kappa shape index (κ2) is 7.03. The first-order chi connectivity index (χ1) is 10.5. The summed E-state index contributed by atoms with van der Waals surface area (Å²) in [6.45, 7) is 6.06. The van der Waals surface area contributed by atoms with Crippen LogP contribution in [0.5, 0.6) is 5.75 Å². The summed E-state index contributed by atoms with van der Waals surface area (Å²) < 4.78 is 18.2. The predicted octanol–water partition coefficient (Wildman–Crippen LogP) is 4.88. The summed E-state index contributed by atoms with van der Waals surface area (Å²) >= 11 is 0. The molecule has 0 heterocycles. The third kappa shape index (κ3) is 4.29. The SMILES string of the molecule is Cc1ccc(C(C)C)c(OC(=O)/C=C/c2ccc(F)cc2)c1. The molecule has 0 unspecified atom stereocenters. The first kappa shape index (κ1) is 16.0. The fourth-order valence-corrected chi connectivity index (χ4v) is 2.09. The van der Waals surface area contributed by atoms with Crippen LogP contribution in [0.25, 0.3) is 6.08 Å². The summed E-state index contributed by atoms with van der Waals surface area (Å²) in [6.07, 6.45) is 2.95. The Morgan fingerprint density at radius 2 is 1.82 bits per heavy atom. The Kier molecular flexibility index (Phi) is 5.10. The van der Waals surface area contributed by atoms with Gasteiger partial charge in [0.25, 0.3) is 0 Å². The molecule has 0 aliphatic rings. The Balaban J connectivity index is 2.12. The van der Waals surface area contributed by atoms with Crippen LogP contribution in [0.3, 0.4) is 0 Å². The molecule has 0 saturated carbocycles. The van der Waals surface area contributed by atoms with Gasteiger partial charge in [0.05, 0.1) is 0 Å². The molecular formula is C19H19FO2. The molecule has 2 aromatic carbocycles. The molecule has 3 heteroatoms. The van der Waals surface area contributed by atoms with E-state index < -0.39 is 5.97 Å². The van der Waals surface area contributed by atoms with Gasteiger partial charge in [-0.3, -0.25) is 0 Å². The van der Waals surface area contributed by atoms with E-state index in [2.05, 4.69) is 13.8 Å². The lowest BCUT2D eigenvalue weighted by Gasteiger charge is -2.12. The Morgan fingerprint density at radius 1 is 1.14 bits per heavy atom. The minimum absolute atomic E-state index is 0.268. The van der Waals surface area contributed by atoms with Gasteiger partial charge in [-0.05, 0) is 53.8 Å². The van der Waals surface area contributed by atoms with Crippen LogP contribution in [-0.2, 0) is 4.79 Å². The van der Waals surface area contributed by atoms with Crippen LogP contribution < -0.4 is 4.74 Å². The highest BCUT2D eigenvalue weighted by Gasteiger charge is 2.10. The molecule has 114 valence electrons. The predicted molar refractivity (Wildman–Crippen MR) is 86.3 cm³/mol. The molecule has 22 heavy (non-hydrogen) atoms. The van der Waals surface area contributed by atoms with E-state index in [0.717, 1.165) is 16.7 Å². The molecule has 0 saturated heterocycles. The zero-order chi connectivity index (χ0) is 16.1. The molecule has 0 bridgehead atoms. The van der Waals surface area contributed by atoms with Crippen LogP contribution in [0.4, 0.5) is 4.39 Å². The maximum Gasteiger partial charge on any atom is 0.336 e. The van der Waals surface area contributed by atoms with Crippen molar-refractivity contribution >= 4 is 12.0 Å². The number of aryl methyl sites for hydroxylation is 1. The average Bonchev–Trinajstić information content (AvgIpc) is 2.46. The lowest BCUT2D eigenvalue weighted by molar-refractivity contribution is -0.128. The van der Waals surface area contributed by atoms with Crippen molar-refractivity contribution in [1.29, 1.82) is 0 Å². The van der Waals surface area contributed by atoms with Gasteiger partial charge in [-0.15, -0.1) is 0 Å². The van der Waals surface area contributed by atoms with Gasteiger partial charge in [-0.1, -0.05) is 38.1 Å². The fraction of sp³-hybridized carbons (Fsp3) is 0.211. The van der Waals surface area contributed by atoms with Gasteiger partial charge >= 0.3 is 5.97 Å². The summed E-state index contributed by atoms with van der Waals surface area (Å²) in [5.74, 6) is 0.103. The van der Waals surface area contributed by atoms with Crippen LogP contribution in [0.15, 0.2) is 48.5 Å². The lowest BCUT2D eigenvalue weighted by atomic mass is 10.0. The van der Waals surface area contributed by atoms with E-state index in [1.165, 1.54) is 18.2 Å². The van der Waals surface area contributed by atoms with Crippen molar-refractivity contribution in [1.82, 2.24) is 0 Å².